The van der Waals surface area contributed by atoms with Crippen LogP contribution in [0, 0.1) is 0 Å². The third-order valence-corrected chi connectivity index (χ3v) is 3.38. The number of phenolic OH excluding ortho intramolecular Hbond substituents is 2. The predicted octanol–water partition coefficient (Wildman–Crippen LogP) is 2.03. The Hall–Kier alpha value is -2.27. The van der Waals surface area contributed by atoms with Gasteiger partial charge in [0.1, 0.15) is 28.6 Å². The minimum absolute atomic E-state index is 0.00143. The molecule has 5 nitrogen and oxygen atoms in total. The highest BCUT2D eigenvalue weighted by Gasteiger charge is 2.28. The van der Waals surface area contributed by atoms with Crippen molar-refractivity contribution in [2.75, 3.05) is 0 Å². The fraction of sp³-hybridized carbons (Fsp3) is 0.267. The van der Waals surface area contributed by atoms with E-state index < -0.39 is 6.08 Å². The lowest BCUT2D eigenvalue weighted by Crippen LogP contribution is -2.17. The predicted molar refractivity (Wildman–Crippen MR) is 70.8 cm³/mol. The number of Topliss-reactive ketones (excluding diaryl/α,β-unsaturated/α-hetero) is 1. The molecule has 1 atom stereocenters. The van der Waals surface area contributed by atoms with Gasteiger partial charge in [0.15, 0.2) is 5.78 Å². The monoisotopic (exact) mass is 275 g/mol. The Morgan fingerprint density at radius 1 is 1.35 bits per heavy atom. The molecule has 0 amide bonds. The first-order valence-corrected chi connectivity index (χ1v) is 6.26. The summed E-state index contributed by atoms with van der Waals surface area (Å²) in [6.45, 7) is 0. The number of aromatic hydroxyl groups is 2. The van der Waals surface area contributed by atoms with Gasteiger partial charge in [0.05, 0.1) is 13.9 Å². The Balaban J connectivity index is 2.01. The number of carbonyl (C=O) groups is 1. The van der Waals surface area contributed by atoms with Crippen molar-refractivity contribution in [3.8, 4) is 17.2 Å². The van der Waals surface area contributed by atoms with E-state index in [0.717, 1.165) is 11.6 Å². The molecule has 1 aliphatic heterocycles. The third kappa shape index (κ3) is 2.16. The Morgan fingerprint density at radius 2 is 2.15 bits per heavy atom. The Kier molecular flexibility index (Phi) is 2.70. The molecule has 0 saturated heterocycles. The molecule has 5 heteroatoms. The molecule has 1 aromatic rings. The van der Waals surface area contributed by atoms with Gasteiger partial charge < -0.3 is 20.1 Å². The normalized spacial score (nSPS) is 29.6. The summed E-state index contributed by atoms with van der Waals surface area (Å²) in [7, 11) is 0. The maximum atomic E-state index is 12.1. The molecule has 0 bridgehead atoms. The van der Waals surface area contributed by atoms with Crippen LogP contribution in [-0.2, 0) is 0 Å². The summed E-state index contributed by atoms with van der Waals surface area (Å²) in [6, 6.07) is 2.37. The first kappa shape index (κ1) is 11.5. The van der Waals surface area contributed by atoms with Crippen LogP contribution in [0.2, 0.25) is 0 Å². The number of hydrogen-bond donors (Lipinski definition) is 3. The van der Waals surface area contributed by atoms with Gasteiger partial charge in [-0.2, -0.15) is 0 Å². The molecule has 0 saturated carbocycles. The molecule has 2 aliphatic rings. The summed E-state index contributed by atoms with van der Waals surface area (Å²) in [6.07, 6.45) is 1.98. The van der Waals surface area contributed by atoms with Gasteiger partial charge in [-0.15, -0.1) is 0 Å². The van der Waals surface area contributed by atoms with E-state index in [1.54, 1.807) is 6.08 Å². The number of ketones is 1. The van der Waals surface area contributed by atoms with Gasteiger partial charge in [-0.05, 0) is 18.4 Å². The number of hydrogen-bond acceptors (Lipinski definition) is 5. The summed E-state index contributed by atoms with van der Waals surface area (Å²) in [5.74, 6) is -0.254. The maximum Gasteiger partial charge on any atom is 0.177 e. The fourth-order valence-electron chi connectivity index (χ4n) is 2.39. The van der Waals surface area contributed by atoms with Gasteiger partial charge in [-0.3, -0.25) is 4.79 Å². The van der Waals surface area contributed by atoms with Crippen LogP contribution in [0.1, 0.15) is 31.0 Å². The fourth-order valence-corrected chi connectivity index (χ4v) is 2.39. The number of allylic oxidation sites excluding steroid dienone is 3. The number of ether oxygens (including phenoxy) is 1. The van der Waals surface area contributed by atoms with Gasteiger partial charge in [0.2, 0.25) is 0 Å². The Bertz CT molecular complexity index is 688. The third-order valence-electron chi connectivity index (χ3n) is 3.38. The highest BCUT2D eigenvalue weighted by molar-refractivity contribution is 6.03. The van der Waals surface area contributed by atoms with Gasteiger partial charge in [0, 0.05) is 12.1 Å². The first-order valence-electron chi connectivity index (χ1n) is 6.76. The van der Waals surface area contributed by atoms with Crippen molar-refractivity contribution >= 4 is 5.78 Å². The van der Waals surface area contributed by atoms with Gasteiger partial charge in [-0.1, -0.05) is 12.2 Å². The van der Waals surface area contributed by atoms with Crippen LogP contribution in [0.3, 0.4) is 0 Å². The van der Waals surface area contributed by atoms with Crippen LogP contribution in [0.5, 0.6) is 17.2 Å². The zero-order valence-corrected chi connectivity index (χ0v) is 10.6. The largest absolute Gasteiger partial charge is 0.508 e. The van der Waals surface area contributed by atoms with Crippen molar-refractivity contribution in [3.63, 3.8) is 0 Å². The molecule has 1 aromatic carbocycles. The lowest BCUT2D eigenvalue weighted by atomic mass is 9.94. The highest BCUT2D eigenvalue weighted by Crippen LogP contribution is 2.40. The number of rotatable bonds is 0. The van der Waals surface area contributed by atoms with Crippen LogP contribution in [0.4, 0.5) is 0 Å². The van der Waals surface area contributed by atoms with E-state index in [4.69, 9.17) is 6.11 Å². The maximum absolute atomic E-state index is 12.1. The van der Waals surface area contributed by atoms with E-state index in [1.165, 1.54) is 12.1 Å². The Labute approximate surface area is 116 Å². The van der Waals surface area contributed by atoms with E-state index in [1.807, 2.05) is 0 Å². The van der Waals surface area contributed by atoms with Crippen molar-refractivity contribution < 1.29 is 26.2 Å². The lowest BCUT2D eigenvalue weighted by molar-refractivity contribution is 0.0959. The van der Waals surface area contributed by atoms with Crippen molar-refractivity contribution in [2.24, 2.45) is 0 Å². The first-order chi connectivity index (χ1) is 9.85. The molecule has 1 aliphatic carbocycles. The van der Waals surface area contributed by atoms with Gasteiger partial charge in [0.25, 0.3) is 0 Å². The van der Waals surface area contributed by atoms with Crippen molar-refractivity contribution in [2.45, 2.75) is 25.3 Å². The lowest BCUT2D eigenvalue weighted by Gasteiger charge is -2.23. The second-order valence-electron chi connectivity index (χ2n) is 4.81. The molecule has 20 heavy (non-hydrogen) atoms. The summed E-state index contributed by atoms with van der Waals surface area (Å²) in [5, 5.41) is 28.8. The van der Waals surface area contributed by atoms with Crippen LogP contribution in [0.15, 0.2) is 35.6 Å². The second-order valence-corrected chi connectivity index (χ2v) is 4.81. The number of fused-ring (bicyclic) bond motifs is 1. The van der Waals surface area contributed by atoms with E-state index in [-0.39, 0.29) is 41.4 Å². The topological polar surface area (TPSA) is 87.0 Å². The van der Waals surface area contributed by atoms with E-state index in [2.05, 4.69) is 0 Å². The number of phenols is 2. The molecule has 0 aromatic heterocycles. The highest BCUT2D eigenvalue weighted by atomic mass is 16.5. The average molecular weight is 275 g/mol. The number of carbonyl (C=O) groups excluding carboxylic acids is 1. The SMILES string of the molecule is [2H]C1(O)C=CC(=C2CC(=O)c3c(O)cc(O)cc3O2)CC1. The molecule has 3 rings (SSSR count). The average Bonchev–Trinajstić information content (AvgIpc) is 2.37. The van der Waals surface area contributed by atoms with E-state index in [0.29, 0.717) is 12.2 Å². The van der Waals surface area contributed by atoms with Crippen molar-refractivity contribution in [3.05, 3.63) is 41.2 Å². The van der Waals surface area contributed by atoms with Gasteiger partial charge in [-0.25, -0.2) is 0 Å². The van der Waals surface area contributed by atoms with Crippen molar-refractivity contribution in [1.82, 2.24) is 0 Å². The molecule has 0 spiro atoms. The number of benzene rings is 1. The number of aliphatic hydroxyl groups is 1. The molecule has 104 valence electrons. The zero-order valence-electron chi connectivity index (χ0n) is 11.6. The van der Waals surface area contributed by atoms with Crippen molar-refractivity contribution in [1.29, 1.82) is 0 Å². The van der Waals surface area contributed by atoms with Gasteiger partial charge >= 0.3 is 0 Å². The van der Waals surface area contributed by atoms with E-state index in [9.17, 15) is 20.1 Å². The molecule has 3 N–H and O–H groups in total. The second kappa shape index (κ2) is 4.68. The molecule has 1 heterocycles. The quantitative estimate of drug-likeness (QED) is 0.674. The summed E-state index contributed by atoms with van der Waals surface area (Å²) < 4.78 is 13.1. The minimum atomic E-state index is -1.59. The molecular formula is C15H14O5. The van der Waals surface area contributed by atoms with Crippen LogP contribution < -0.4 is 4.74 Å². The smallest absolute Gasteiger partial charge is 0.177 e. The minimum Gasteiger partial charge on any atom is -0.508 e. The van der Waals surface area contributed by atoms with Crippen LogP contribution >= 0.6 is 0 Å². The zero-order chi connectivity index (χ0) is 15.2. The van der Waals surface area contributed by atoms with Crippen LogP contribution in [-0.4, -0.2) is 27.2 Å². The molecular weight excluding hydrogens is 260 g/mol. The molecule has 1 unspecified atom stereocenters. The summed E-state index contributed by atoms with van der Waals surface area (Å²) in [5.41, 5.74) is 0.794. The molecule has 0 radical (unpaired) electrons. The van der Waals surface area contributed by atoms with E-state index >= 15 is 0 Å². The Morgan fingerprint density at radius 3 is 2.85 bits per heavy atom. The summed E-state index contributed by atoms with van der Waals surface area (Å²) in [4.78, 5) is 12.1. The van der Waals surface area contributed by atoms with Crippen LogP contribution in [0.25, 0.3) is 0 Å². The molecule has 0 fully saturated rings. The summed E-state index contributed by atoms with van der Waals surface area (Å²) >= 11 is 0. The standard InChI is InChI=1S/C15H14O5/c16-9-3-1-8(2-4-9)13-7-12(19)15-11(18)5-10(17)6-14(15)20-13/h1,3,5-6,9,16-18H,2,4,7H2/i9D.